The predicted molar refractivity (Wildman–Crippen MR) is 107 cm³/mol. The fraction of sp³-hybridized carbons (Fsp3) is 0.174. The third kappa shape index (κ3) is 3.80. The van der Waals surface area contributed by atoms with E-state index < -0.39 is 0 Å². The molecule has 2 aromatic carbocycles. The highest BCUT2D eigenvalue weighted by Gasteiger charge is 2.27. The number of carbonyl (C=O) groups excluding carboxylic acids is 2. The van der Waals surface area contributed by atoms with E-state index in [1.807, 2.05) is 39.8 Å². The van der Waals surface area contributed by atoms with E-state index >= 15 is 0 Å². The molecule has 0 fully saturated rings. The van der Waals surface area contributed by atoms with Gasteiger partial charge >= 0.3 is 0 Å². The van der Waals surface area contributed by atoms with Gasteiger partial charge in [0.2, 0.25) is 0 Å². The highest BCUT2D eigenvalue weighted by molar-refractivity contribution is 6.25. The van der Waals surface area contributed by atoms with Crippen molar-refractivity contribution in [2.24, 2.45) is 0 Å². The minimum absolute atomic E-state index is 0.309. The van der Waals surface area contributed by atoms with Crippen LogP contribution in [0.2, 0.25) is 0 Å². The molecular formula is C23H22N2O2. The van der Waals surface area contributed by atoms with Crippen LogP contribution in [0.4, 0.5) is 5.82 Å². The summed E-state index contributed by atoms with van der Waals surface area (Å²) in [5.74, 6) is -0.469. The minimum Gasteiger partial charge on any atom is -0.268 e. The van der Waals surface area contributed by atoms with E-state index in [9.17, 15) is 9.59 Å². The number of rotatable bonds is 3. The van der Waals surface area contributed by atoms with Gasteiger partial charge in [-0.25, -0.2) is 9.88 Å². The van der Waals surface area contributed by atoms with Crippen LogP contribution < -0.4 is 4.90 Å². The minimum atomic E-state index is -0.389. The van der Waals surface area contributed by atoms with E-state index in [0.717, 1.165) is 27.2 Å². The van der Waals surface area contributed by atoms with E-state index in [1.165, 1.54) is 0 Å². The number of benzene rings is 2. The molecule has 27 heavy (non-hydrogen) atoms. The number of anilines is 1. The van der Waals surface area contributed by atoms with Crippen molar-refractivity contribution in [1.82, 2.24) is 4.98 Å². The molecule has 0 saturated heterocycles. The molecule has 3 rings (SSSR count). The maximum absolute atomic E-state index is 13.2. The van der Waals surface area contributed by atoms with Crippen molar-refractivity contribution in [1.29, 1.82) is 0 Å². The van der Waals surface area contributed by atoms with Crippen molar-refractivity contribution >= 4 is 17.6 Å². The molecule has 0 saturated carbocycles. The maximum Gasteiger partial charge on any atom is 0.266 e. The predicted octanol–water partition coefficient (Wildman–Crippen LogP) is 4.80. The summed E-state index contributed by atoms with van der Waals surface area (Å²) in [6.45, 7) is 7.87. The summed E-state index contributed by atoms with van der Waals surface area (Å²) < 4.78 is 0. The molecule has 0 radical (unpaired) electrons. The zero-order valence-corrected chi connectivity index (χ0v) is 16.0. The second-order valence-corrected chi connectivity index (χ2v) is 6.73. The van der Waals surface area contributed by atoms with Crippen molar-refractivity contribution in [3.8, 4) is 0 Å². The Morgan fingerprint density at radius 3 is 1.63 bits per heavy atom. The Morgan fingerprint density at radius 1 is 0.704 bits per heavy atom. The van der Waals surface area contributed by atoms with Gasteiger partial charge in [0, 0.05) is 17.3 Å². The topological polar surface area (TPSA) is 50.3 Å². The van der Waals surface area contributed by atoms with Gasteiger partial charge in [-0.15, -0.1) is 0 Å². The average molecular weight is 358 g/mol. The van der Waals surface area contributed by atoms with Crippen LogP contribution in [0.3, 0.4) is 0 Å². The van der Waals surface area contributed by atoms with Crippen LogP contribution in [0.5, 0.6) is 0 Å². The third-order valence-electron chi connectivity index (χ3n) is 4.79. The summed E-state index contributed by atoms with van der Waals surface area (Å²) >= 11 is 0. The van der Waals surface area contributed by atoms with E-state index in [2.05, 4.69) is 4.98 Å². The molecule has 1 heterocycles. The summed E-state index contributed by atoms with van der Waals surface area (Å²) in [4.78, 5) is 31.9. The Hall–Kier alpha value is -3.27. The molecule has 4 heteroatoms. The fourth-order valence-corrected chi connectivity index (χ4v) is 2.79. The SMILES string of the molecule is Cc1ccc(C(=O)N(C(=O)c2ccc(C)c(C)c2)c2ccccn2)cc1C. The number of amides is 2. The summed E-state index contributed by atoms with van der Waals surface area (Å²) in [7, 11) is 0. The molecular weight excluding hydrogens is 336 g/mol. The Balaban J connectivity index is 2.08. The van der Waals surface area contributed by atoms with Gasteiger partial charge < -0.3 is 0 Å². The third-order valence-corrected chi connectivity index (χ3v) is 4.79. The van der Waals surface area contributed by atoms with Crippen LogP contribution in [0.1, 0.15) is 43.0 Å². The lowest BCUT2D eigenvalue weighted by molar-refractivity contribution is 0.0896. The van der Waals surface area contributed by atoms with Crippen LogP contribution in [0.25, 0.3) is 0 Å². The molecule has 0 aliphatic heterocycles. The number of pyridine rings is 1. The number of imide groups is 1. The zero-order chi connectivity index (χ0) is 19.6. The van der Waals surface area contributed by atoms with Gasteiger partial charge in [-0.2, -0.15) is 0 Å². The number of aromatic nitrogens is 1. The van der Waals surface area contributed by atoms with E-state index in [1.54, 1.807) is 48.7 Å². The Labute approximate surface area is 159 Å². The summed E-state index contributed by atoms with van der Waals surface area (Å²) in [5.41, 5.74) is 5.11. The lowest BCUT2D eigenvalue weighted by Crippen LogP contribution is -2.37. The van der Waals surface area contributed by atoms with Gasteiger partial charge in [-0.3, -0.25) is 9.59 Å². The molecule has 4 nitrogen and oxygen atoms in total. The van der Waals surface area contributed by atoms with Crippen molar-refractivity contribution < 1.29 is 9.59 Å². The quantitative estimate of drug-likeness (QED) is 0.632. The van der Waals surface area contributed by atoms with Gasteiger partial charge in [-0.1, -0.05) is 18.2 Å². The van der Waals surface area contributed by atoms with E-state index in [0.29, 0.717) is 16.9 Å². The van der Waals surface area contributed by atoms with Gasteiger partial charge in [0.1, 0.15) is 5.82 Å². The fourth-order valence-electron chi connectivity index (χ4n) is 2.79. The zero-order valence-electron chi connectivity index (χ0n) is 16.0. The number of hydrogen-bond donors (Lipinski definition) is 0. The molecule has 2 amide bonds. The van der Waals surface area contributed by atoms with Crippen LogP contribution in [-0.4, -0.2) is 16.8 Å². The normalized spacial score (nSPS) is 10.5. The largest absolute Gasteiger partial charge is 0.268 e. The first-order valence-corrected chi connectivity index (χ1v) is 8.83. The van der Waals surface area contributed by atoms with Crippen LogP contribution in [-0.2, 0) is 0 Å². The first-order valence-electron chi connectivity index (χ1n) is 8.83. The first-order chi connectivity index (χ1) is 12.9. The highest BCUT2D eigenvalue weighted by atomic mass is 16.2. The Morgan fingerprint density at radius 2 is 1.22 bits per heavy atom. The smallest absolute Gasteiger partial charge is 0.266 e. The molecule has 3 aromatic rings. The van der Waals surface area contributed by atoms with Crippen molar-refractivity contribution in [3.63, 3.8) is 0 Å². The number of hydrogen-bond acceptors (Lipinski definition) is 3. The molecule has 0 N–H and O–H groups in total. The van der Waals surface area contributed by atoms with Gasteiger partial charge in [0.05, 0.1) is 0 Å². The van der Waals surface area contributed by atoms with Gasteiger partial charge in [0.15, 0.2) is 0 Å². The molecule has 0 atom stereocenters. The maximum atomic E-state index is 13.2. The van der Waals surface area contributed by atoms with Crippen molar-refractivity contribution in [2.45, 2.75) is 27.7 Å². The summed E-state index contributed by atoms with van der Waals surface area (Å²) in [6.07, 6.45) is 1.57. The molecule has 1 aromatic heterocycles. The number of nitrogens with zero attached hydrogens (tertiary/aromatic N) is 2. The number of carbonyl (C=O) groups is 2. The van der Waals surface area contributed by atoms with E-state index in [4.69, 9.17) is 0 Å². The molecule has 136 valence electrons. The molecule has 0 aliphatic carbocycles. The molecule has 0 unspecified atom stereocenters. The molecule has 0 spiro atoms. The van der Waals surface area contributed by atoms with Crippen molar-refractivity contribution in [3.05, 3.63) is 94.2 Å². The second kappa shape index (κ2) is 7.54. The summed E-state index contributed by atoms with van der Waals surface area (Å²) in [6, 6.07) is 16.1. The number of aryl methyl sites for hydroxylation is 4. The first kappa shape index (κ1) is 18.5. The van der Waals surface area contributed by atoms with Crippen LogP contribution >= 0.6 is 0 Å². The lowest BCUT2D eigenvalue weighted by atomic mass is 10.0. The monoisotopic (exact) mass is 358 g/mol. The van der Waals surface area contributed by atoms with Crippen LogP contribution in [0.15, 0.2) is 60.8 Å². The Kier molecular flexibility index (Phi) is 5.17. The summed E-state index contributed by atoms with van der Waals surface area (Å²) in [5, 5.41) is 0. The standard InChI is InChI=1S/C23H22N2O2/c1-15-8-10-19(13-17(15)3)22(26)25(21-7-5-6-12-24-21)23(27)20-11-9-16(2)18(4)14-20/h5-14H,1-4H3. The molecule has 0 aliphatic rings. The molecule has 0 bridgehead atoms. The second-order valence-electron chi connectivity index (χ2n) is 6.73. The average Bonchev–Trinajstić information content (AvgIpc) is 2.67. The van der Waals surface area contributed by atoms with Crippen molar-refractivity contribution in [2.75, 3.05) is 4.90 Å². The van der Waals surface area contributed by atoms with E-state index in [-0.39, 0.29) is 11.8 Å². The van der Waals surface area contributed by atoms with Crippen LogP contribution in [0, 0.1) is 27.7 Å². The Bertz CT molecular complexity index is 947. The van der Waals surface area contributed by atoms with Gasteiger partial charge in [-0.05, 0) is 86.3 Å². The highest BCUT2D eigenvalue weighted by Crippen LogP contribution is 2.21. The lowest BCUT2D eigenvalue weighted by Gasteiger charge is -2.21. The van der Waals surface area contributed by atoms with Gasteiger partial charge in [0.25, 0.3) is 11.8 Å².